The Hall–Kier alpha value is -2.01. The van der Waals surface area contributed by atoms with Gasteiger partial charge in [-0.25, -0.2) is 0 Å². The maximum absolute atomic E-state index is 8.80. The number of amidine groups is 1. The minimum absolute atomic E-state index is 0.120. The number of benzene rings is 2. The molecule has 0 aromatic heterocycles. The lowest BCUT2D eigenvalue weighted by atomic mass is 10.1. The van der Waals surface area contributed by atoms with Crippen LogP contribution in [0.15, 0.2) is 52.1 Å². The van der Waals surface area contributed by atoms with E-state index in [-0.39, 0.29) is 5.84 Å². The van der Waals surface area contributed by atoms with E-state index < -0.39 is 0 Å². The fraction of sp³-hybridized carbons (Fsp3) is 0.133. The molecule has 2 aromatic carbocycles. The summed E-state index contributed by atoms with van der Waals surface area (Å²) in [6, 6.07) is 13.6. The minimum atomic E-state index is 0.120. The van der Waals surface area contributed by atoms with Crippen molar-refractivity contribution in [2.45, 2.75) is 13.5 Å². The summed E-state index contributed by atoms with van der Waals surface area (Å²) in [5.41, 5.74) is 9.58. The van der Waals surface area contributed by atoms with E-state index in [0.717, 1.165) is 21.3 Å². The largest absolute Gasteiger partial charge is 0.409 e. The van der Waals surface area contributed by atoms with Crippen molar-refractivity contribution in [2.24, 2.45) is 10.9 Å². The molecule has 104 valence electrons. The van der Waals surface area contributed by atoms with Crippen LogP contribution in [0.4, 0.5) is 5.69 Å². The van der Waals surface area contributed by atoms with Gasteiger partial charge in [-0.15, -0.1) is 0 Å². The maximum Gasteiger partial charge on any atom is 0.170 e. The first-order chi connectivity index (χ1) is 9.61. The van der Waals surface area contributed by atoms with Crippen LogP contribution in [-0.2, 0) is 6.54 Å². The lowest BCUT2D eigenvalue weighted by Gasteiger charge is -2.11. The van der Waals surface area contributed by atoms with Gasteiger partial charge in [-0.1, -0.05) is 45.4 Å². The summed E-state index contributed by atoms with van der Waals surface area (Å²) in [6.07, 6.45) is 0. The number of rotatable bonds is 4. The van der Waals surface area contributed by atoms with Crippen molar-refractivity contribution in [3.63, 3.8) is 0 Å². The van der Waals surface area contributed by atoms with Crippen molar-refractivity contribution in [1.82, 2.24) is 0 Å². The second kappa shape index (κ2) is 6.43. The molecule has 0 aliphatic rings. The summed E-state index contributed by atoms with van der Waals surface area (Å²) >= 11 is 3.48. The van der Waals surface area contributed by atoms with Gasteiger partial charge >= 0.3 is 0 Å². The van der Waals surface area contributed by atoms with Crippen LogP contribution in [0.25, 0.3) is 0 Å². The van der Waals surface area contributed by atoms with Crippen LogP contribution < -0.4 is 11.1 Å². The molecule has 0 saturated heterocycles. The molecule has 4 N–H and O–H groups in total. The molecular weight excluding hydrogens is 318 g/mol. The topological polar surface area (TPSA) is 70.6 Å². The van der Waals surface area contributed by atoms with E-state index in [1.54, 1.807) is 0 Å². The van der Waals surface area contributed by atoms with E-state index in [4.69, 9.17) is 10.9 Å². The second-order valence-corrected chi connectivity index (χ2v) is 5.31. The summed E-state index contributed by atoms with van der Waals surface area (Å²) in [6.45, 7) is 2.65. The van der Waals surface area contributed by atoms with E-state index in [2.05, 4.69) is 32.5 Å². The van der Waals surface area contributed by atoms with Crippen molar-refractivity contribution in [2.75, 3.05) is 5.32 Å². The Morgan fingerprint density at radius 1 is 1.30 bits per heavy atom. The van der Waals surface area contributed by atoms with E-state index in [9.17, 15) is 0 Å². The second-order valence-electron chi connectivity index (χ2n) is 4.46. The van der Waals surface area contributed by atoms with Gasteiger partial charge in [-0.3, -0.25) is 0 Å². The monoisotopic (exact) mass is 333 g/mol. The van der Waals surface area contributed by atoms with Crippen molar-refractivity contribution < 1.29 is 5.21 Å². The van der Waals surface area contributed by atoms with Gasteiger partial charge in [0.25, 0.3) is 0 Å². The maximum atomic E-state index is 8.80. The number of nitrogens with two attached hydrogens (primary N) is 1. The molecule has 0 bridgehead atoms. The summed E-state index contributed by atoms with van der Waals surface area (Å²) < 4.78 is 1.08. The van der Waals surface area contributed by atoms with Gasteiger partial charge in [0, 0.05) is 22.3 Å². The predicted octanol–water partition coefficient (Wildman–Crippen LogP) is 3.46. The molecule has 2 rings (SSSR count). The van der Waals surface area contributed by atoms with Gasteiger partial charge in [0.15, 0.2) is 5.84 Å². The average Bonchev–Trinajstić information content (AvgIpc) is 2.48. The number of halogens is 1. The Kier molecular flexibility index (Phi) is 4.63. The summed E-state index contributed by atoms with van der Waals surface area (Å²) in [5, 5.41) is 15.2. The quantitative estimate of drug-likeness (QED) is 0.347. The number of anilines is 1. The SMILES string of the molecule is Cc1cc(NCc2ccccc2C(N)=NO)ccc1Br. The number of oxime groups is 1. The molecule has 0 aliphatic heterocycles. The number of hydrogen-bond acceptors (Lipinski definition) is 3. The van der Waals surface area contributed by atoms with Crippen molar-refractivity contribution in [3.8, 4) is 0 Å². The Morgan fingerprint density at radius 2 is 2.05 bits per heavy atom. The minimum Gasteiger partial charge on any atom is -0.409 e. The molecule has 0 spiro atoms. The molecule has 4 nitrogen and oxygen atoms in total. The van der Waals surface area contributed by atoms with Gasteiger partial charge in [0.05, 0.1) is 0 Å². The van der Waals surface area contributed by atoms with E-state index in [0.29, 0.717) is 6.54 Å². The first kappa shape index (κ1) is 14.4. The molecule has 0 unspecified atom stereocenters. The van der Waals surface area contributed by atoms with E-state index in [1.807, 2.05) is 43.3 Å². The molecule has 0 aliphatic carbocycles. The number of nitrogens with one attached hydrogen (secondary N) is 1. The lowest BCUT2D eigenvalue weighted by molar-refractivity contribution is 0.318. The highest BCUT2D eigenvalue weighted by atomic mass is 79.9. The van der Waals surface area contributed by atoms with Crippen LogP contribution in [0.1, 0.15) is 16.7 Å². The summed E-state index contributed by atoms with van der Waals surface area (Å²) in [7, 11) is 0. The Morgan fingerprint density at radius 3 is 2.75 bits per heavy atom. The Bertz CT molecular complexity index is 641. The van der Waals surface area contributed by atoms with Gasteiger partial charge in [-0.05, 0) is 36.2 Å². The van der Waals surface area contributed by atoms with Crippen LogP contribution in [-0.4, -0.2) is 11.0 Å². The molecular formula is C15H16BrN3O. The van der Waals surface area contributed by atoms with Crippen LogP contribution in [0.2, 0.25) is 0 Å². The molecule has 0 atom stereocenters. The molecule has 0 saturated carbocycles. The fourth-order valence-electron chi connectivity index (χ4n) is 1.93. The van der Waals surface area contributed by atoms with Crippen LogP contribution in [0.3, 0.4) is 0 Å². The lowest BCUT2D eigenvalue weighted by Crippen LogP contribution is -2.16. The third-order valence-corrected chi connectivity index (χ3v) is 3.93. The van der Waals surface area contributed by atoms with Crippen LogP contribution >= 0.6 is 15.9 Å². The summed E-state index contributed by atoms with van der Waals surface area (Å²) in [4.78, 5) is 0. The zero-order chi connectivity index (χ0) is 14.5. The van der Waals surface area contributed by atoms with Crippen LogP contribution in [0.5, 0.6) is 0 Å². The predicted molar refractivity (Wildman–Crippen MR) is 85.2 cm³/mol. The molecule has 5 heteroatoms. The first-order valence-electron chi connectivity index (χ1n) is 6.17. The molecule has 0 heterocycles. The first-order valence-corrected chi connectivity index (χ1v) is 6.97. The van der Waals surface area contributed by atoms with Crippen molar-refractivity contribution >= 4 is 27.5 Å². The number of aryl methyl sites for hydroxylation is 1. The molecule has 0 fully saturated rings. The van der Waals surface area contributed by atoms with Gasteiger partial charge in [-0.2, -0.15) is 0 Å². The highest BCUT2D eigenvalue weighted by Gasteiger charge is 2.06. The Balaban J connectivity index is 2.17. The zero-order valence-electron chi connectivity index (χ0n) is 11.1. The van der Waals surface area contributed by atoms with Crippen molar-refractivity contribution in [1.29, 1.82) is 0 Å². The number of hydrogen-bond donors (Lipinski definition) is 3. The van der Waals surface area contributed by atoms with Crippen molar-refractivity contribution in [3.05, 3.63) is 63.6 Å². The molecule has 20 heavy (non-hydrogen) atoms. The Labute approximate surface area is 126 Å². The third kappa shape index (κ3) is 3.30. The van der Waals surface area contributed by atoms with E-state index >= 15 is 0 Å². The zero-order valence-corrected chi connectivity index (χ0v) is 12.7. The van der Waals surface area contributed by atoms with Gasteiger partial charge < -0.3 is 16.3 Å². The highest BCUT2D eigenvalue weighted by Crippen LogP contribution is 2.21. The molecule has 2 aromatic rings. The number of nitrogens with zero attached hydrogens (tertiary/aromatic N) is 1. The molecule has 0 amide bonds. The third-order valence-electron chi connectivity index (χ3n) is 3.04. The van der Waals surface area contributed by atoms with E-state index in [1.165, 1.54) is 5.56 Å². The molecule has 0 radical (unpaired) electrons. The summed E-state index contributed by atoms with van der Waals surface area (Å²) in [5.74, 6) is 0.120. The average molecular weight is 334 g/mol. The van der Waals surface area contributed by atoms with Gasteiger partial charge in [0.2, 0.25) is 0 Å². The normalized spacial score (nSPS) is 11.4. The fourth-order valence-corrected chi connectivity index (χ4v) is 2.18. The highest BCUT2D eigenvalue weighted by molar-refractivity contribution is 9.10. The van der Waals surface area contributed by atoms with Gasteiger partial charge in [0.1, 0.15) is 0 Å². The standard InChI is InChI=1S/C15H16BrN3O/c1-10-8-12(6-7-14(10)16)18-9-11-4-2-3-5-13(11)15(17)19-20/h2-8,18,20H,9H2,1H3,(H2,17,19). The van der Waals surface area contributed by atoms with Crippen LogP contribution in [0, 0.1) is 6.92 Å². The smallest absolute Gasteiger partial charge is 0.170 e.